The van der Waals surface area contributed by atoms with Crippen molar-refractivity contribution in [3.8, 4) is 16.9 Å². The highest BCUT2D eigenvalue weighted by Gasteiger charge is 2.24. The fraction of sp³-hybridized carbons (Fsp3) is 0.0400. The summed E-state index contributed by atoms with van der Waals surface area (Å²) in [6.45, 7) is 0. The maximum atomic E-state index is 12.9. The standard InChI is InChI=1S/C25H20N8O2S/c26-23-24(31-35-30-23)33-21(16-36-20-9-5-2-6-10-20)22(28-32-33)25(34)29-27-15-17-11-13-19(14-12-17)18-7-3-1-4-8-18/h1-15H,16H2,(H2,26,30)(H,29,34)/b27-15-. The van der Waals surface area contributed by atoms with Crippen LogP contribution in [0.25, 0.3) is 16.9 Å². The Bertz CT molecular complexity index is 1480. The van der Waals surface area contributed by atoms with Crippen molar-refractivity contribution in [2.75, 3.05) is 5.73 Å². The van der Waals surface area contributed by atoms with Crippen LogP contribution in [0.1, 0.15) is 21.7 Å². The highest BCUT2D eigenvalue weighted by atomic mass is 32.2. The first-order chi connectivity index (χ1) is 17.7. The van der Waals surface area contributed by atoms with Gasteiger partial charge in [0.25, 0.3) is 5.91 Å². The van der Waals surface area contributed by atoms with Crippen LogP contribution in [-0.4, -0.2) is 37.4 Å². The number of aromatic nitrogens is 5. The third-order valence-electron chi connectivity index (χ3n) is 5.19. The van der Waals surface area contributed by atoms with Gasteiger partial charge in [-0.15, -0.1) is 16.9 Å². The summed E-state index contributed by atoms with van der Waals surface area (Å²) in [6.07, 6.45) is 1.56. The summed E-state index contributed by atoms with van der Waals surface area (Å²) in [6, 6.07) is 27.7. The summed E-state index contributed by atoms with van der Waals surface area (Å²) in [4.78, 5) is 13.9. The molecule has 0 unspecified atom stereocenters. The molecule has 0 bridgehead atoms. The predicted octanol–water partition coefficient (Wildman–Crippen LogP) is 3.96. The average molecular weight is 497 g/mol. The van der Waals surface area contributed by atoms with E-state index in [1.807, 2.05) is 84.9 Å². The Morgan fingerprint density at radius 2 is 1.67 bits per heavy atom. The fourth-order valence-electron chi connectivity index (χ4n) is 3.39. The summed E-state index contributed by atoms with van der Waals surface area (Å²) >= 11 is 1.51. The van der Waals surface area contributed by atoms with Crippen molar-refractivity contribution < 1.29 is 9.42 Å². The number of nitrogens with one attached hydrogen (secondary N) is 1. The van der Waals surface area contributed by atoms with Crippen molar-refractivity contribution >= 4 is 29.7 Å². The highest BCUT2D eigenvalue weighted by Crippen LogP contribution is 2.26. The first-order valence-electron chi connectivity index (χ1n) is 10.9. The number of hydrogen-bond donors (Lipinski definition) is 2. The van der Waals surface area contributed by atoms with E-state index in [9.17, 15) is 4.79 Å². The molecule has 0 saturated heterocycles. The van der Waals surface area contributed by atoms with Crippen LogP contribution >= 0.6 is 11.8 Å². The van der Waals surface area contributed by atoms with Crippen LogP contribution in [0.3, 0.4) is 0 Å². The molecule has 5 rings (SSSR count). The molecule has 0 aliphatic carbocycles. The van der Waals surface area contributed by atoms with E-state index in [1.54, 1.807) is 6.21 Å². The van der Waals surface area contributed by atoms with E-state index in [1.165, 1.54) is 16.4 Å². The normalized spacial score (nSPS) is 11.1. The van der Waals surface area contributed by atoms with Gasteiger partial charge in [0.1, 0.15) is 0 Å². The van der Waals surface area contributed by atoms with Gasteiger partial charge in [-0.2, -0.15) is 9.78 Å². The number of carbonyl (C=O) groups excluding carboxylic acids is 1. The van der Waals surface area contributed by atoms with Gasteiger partial charge >= 0.3 is 0 Å². The lowest BCUT2D eigenvalue weighted by molar-refractivity contribution is 0.0949. The van der Waals surface area contributed by atoms with Gasteiger partial charge in [0.2, 0.25) is 11.6 Å². The Labute approximate surface area is 210 Å². The van der Waals surface area contributed by atoms with E-state index < -0.39 is 5.91 Å². The van der Waals surface area contributed by atoms with E-state index in [-0.39, 0.29) is 17.3 Å². The van der Waals surface area contributed by atoms with Crippen LogP contribution in [0.4, 0.5) is 5.82 Å². The number of hydrogen-bond acceptors (Lipinski definition) is 9. The van der Waals surface area contributed by atoms with Gasteiger partial charge in [-0.1, -0.05) is 78.0 Å². The zero-order valence-electron chi connectivity index (χ0n) is 18.9. The molecular formula is C25H20N8O2S. The second kappa shape index (κ2) is 10.7. The Morgan fingerprint density at radius 3 is 2.36 bits per heavy atom. The van der Waals surface area contributed by atoms with Gasteiger partial charge in [-0.25, -0.2) is 10.1 Å². The van der Waals surface area contributed by atoms with E-state index in [0.717, 1.165) is 21.6 Å². The molecule has 0 radical (unpaired) electrons. The average Bonchev–Trinajstić information content (AvgIpc) is 3.54. The van der Waals surface area contributed by atoms with Crippen molar-refractivity contribution in [3.63, 3.8) is 0 Å². The number of thioether (sulfide) groups is 1. The topological polar surface area (TPSA) is 137 Å². The van der Waals surface area contributed by atoms with Gasteiger partial charge in [0, 0.05) is 10.6 Å². The molecule has 3 N–H and O–H groups in total. The number of carbonyl (C=O) groups is 1. The molecule has 36 heavy (non-hydrogen) atoms. The van der Waals surface area contributed by atoms with Crippen molar-refractivity contribution in [1.82, 2.24) is 30.7 Å². The Morgan fingerprint density at radius 1 is 0.972 bits per heavy atom. The molecule has 2 aromatic heterocycles. The molecule has 0 aliphatic heterocycles. The van der Waals surface area contributed by atoms with Gasteiger partial charge in [-0.3, -0.25) is 4.79 Å². The lowest BCUT2D eigenvalue weighted by Crippen LogP contribution is -2.20. The molecule has 5 aromatic rings. The minimum Gasteiger partial charge on any atom is -0.378 e. The van der Waals surface area contributed by atoms with Gasteiger partial charge in [0.15, 0.2) is 5.69 Å². The number of nitrogen functional groups attached to an aromatic ring is 1. The number of nitrogens with two attached hydrogens (primary N) is 1. The van der Waals surface area contributed by atoms with Crippen molar-refractivity contribution in [2.45, 2.75) is 10.6 Å². The molecular weight excluding hydrogens is 476 g/mol. The minimum absolute atomic E-state index is 0.0368. The molecule has 11 heteroatoms. The maximum Gasteiger partial charge on any atom is 0.293 e. The molecule has 0 saturated carbocycles. The van der Waals surface area contributed by atoms with Crippen LogP contribution in [0.15, 0.2) is 99.6 Å². The summed E-state index contributed by atoms with van der Waals surface area (Å²) in [5, 5.41) is 19.6. The lowest BCUT2D eigenvalue weighted by Gasteiger charge is -2.06. The number of nitrogens with zero attached hydrogens (tertiary/aromatic N) is 6. The highest BCUT2D eigenvalue weighted by molar-refractivity contribution is 7.98. The van der Waals surface area contributed by atoms with E-state index >= 15 is 0 Å². The summed E-state index contributed by atoms with van der Waals surface area (Å²) < 4.78 is 6.04. The SMILES string of the molecule is Nc1nonc1-n1nnc(C(=O)N/N=C\c2ccc(-c3ccccc3)cc2)c1CSc1ccccc1. The molecule has 1 amide bonds. The second-order valence-corrected chi connectivity index (χ2v) is 8.61. The smallest absolute Gasteiger partial charge is 0.293 e. The fourth-order valence-corrected chi connectivity index (χ4v) is 4.31. The quantitative estimate of drug-likeness (QED) is 0.187. The molecule has 0 fully saturated rings. The van der Waals surface area contributed by atoms with Gasteiger partial charge < -0.3 is 5.73 Å². The van der Waals surface area contributed by atoms with E-state index in [2.05, 4.69) is 31.2 Å². The number of anilines is 1. The summed E-state index contributed by atoms with van der Waals surface area (Å²) in [5.41, 5.74) is 12.0. The van der Waals surface area contributed by atoms with Crippen molar-refractivity contribution in [1.29, 1.82) is 0 Å². The number of hydrazone groups is 1. The lowest BCUT2D eigenvalue weighted by atomic mass is 10.0. The van der Waals surface area contributed by atoms with Crippen LogP contribution in [0.5, 0.6) is 0 Å². The molecule has 0 spiro atoms. The maximum absolute atomic E-state index is 12.9. The van der Waals surface area contributed by atoms with E-state index in [0.29, 0.717) is 11.4 Å². The third kappa shape index (κ3) is 5.15. The minimum atomic E-state index is -0.517. The molecule has 3 aromatic carbocycles. The van der Waals surface area contributed by atoms with Crippen LogP contribution in [-0.2, 0) is 5.75 Å². The van der Waals surface area contributed by atoms with Crippen molar-refractivity contribution in [3.05, 3.63) is 102 Å². The molecule has 10 nitrogen and oxygen atoms in total. The summed E-state index contributed by atoms with van der Waals surface area (Å²) in [5.74, 6) is 0.0515. The predicted molar refractivity (Wildman–Crippen MR) is 137 cm³/mol. The number of amides is 1. The Hall–Kier alpha value is -4.77. The molecule has 0 atom stereocenters. The Kier molecular flexibility index (Phi) is 6.81. The summed E-state index contributed by atoms with van der Waals surface area (Å²) in [7, 11) is 0. The zero-order chi connectivity index (χ0) is 24.7. The largest absolute Gasteiger partial charge is 0.378 e. The van der Waals surface area contributed by atoms with Crippen LogP contribution < -0.4 is 11.2 Å². The Balaban J connectivity index is 1.32. The number of rotatable bonds is 8. The van der Waals surface area contributed by atoms with Crippen LogP contribution in [0.2, 0.25) is 0 Å². The van der Waals surface area contributed by atoms with E-state index in [4.69, 9.17) is 10.4 Å². The first-order valence-corrected chi connectivity index (χ1v) is 11.9. The monoisotopic (exact) mass is 496 g/mol. The third-order valence-corrected chi connectivity index (χ3v) is 6.21. The number of benzene rings is 3. The first kappa shape index (κ1) is 23.0. The zero-order valence-corrected chi connectivity index (χ0v) is 19.7. The molecule has 0 aliphatic rings. The molecule has 178 valence electrons. The van der Waals surface area contributed by atoms with Crippen molar-refractivity contribution in [2.24, 2.45) is 5.10 Å². The van der Waals surface area contributed by atoms with Crippen LogP contribution in [0, 0.1) is 0 Å². The second-order valence-electron chi connectivity index (χ2n) is 7.56. The van der Waals surface area contributed by atoms with Gasteiger partial charge in [-0.05, 0) is 39.1 Å². The van der Waals surface area contributed by atoms with Gasteiger partial charge in [0.05, 0.1) is 11.9 Å². The molecule has 2 heterocycles.